The van der Waals surface area contributed by atoms with Crippen LogP contribution in [-0.4, -0.2) is 131 Å². The number of hydrogen-bond acceptors (Lipinski definition) is 7. The lowest BCUT2D eigenvalue weighted by Crippen LogP contribution is -2.61. The highest BCUT2D eigenvalue weighted by atomic mass is 16.4. The van der Waals surface area contributed by atoms with Crippen LogP contribution in [0, 0.1) is 0 Å². The average molecular weight is 475 g/mol. The smallest absolute Gasteiger partial charge is 0.317 e. The minimum absolute atomic E-state index is 0.147. The molecule has 0 aliphatic carbocycles. The molecule has 33 heavy (non-hydrogen) atoms. The van der Waals surface area contributed by atoms with Gasteiger partial charge >= 0.3 is 17.9 Å². The van der Waals surface area contributed by atoms with Gasteiger partial charge in [0.15, 0.2) is 0 Å². The van der Waals surface area contributed by atoms with Crippen molar-refractivity contribution in [1.29, 1.82) is 0 Å². The van der Waals surface area contributed by atoms with Crippen molar-refractivity contribution >= 4 is 17.9 Å². The van der Waals surface area contributed by atoms with Crippen molar-refractivity contribution < 1.29 is 29.7 Å². The zero-order chi connectivity index (χ0) is 26.1. The Balaban J connectivity index is 0. The van der Waals surface area contributed by atoms with Crippen molar-refractivity contribution in [3.8, 4) is 0 Å². The Morgan fingerprint density at radius 2 is 1.15 bits per heavy atom. The second-order valence-corrected chi connectivity index (χ2v) is 8.20. The molecule has 2 atom stereocenters. The van der Waals surface area contributed by atoms with Crippen LogP contribution in [0.5, 0.6) is 0 Å². The highest BCUT2D eigenvalue weighted by Crippen LogP contribution is 2.17. The molecule has 0 bridgehead atoms. The molecule has 0 saturated heterocycles. The van der Waals surface area contributed by atoms with Gasteiger partial charge in [-0.25, -0.2) is 0 Å². The van der Waals surface area contributed by atoms with Crippen LogP contribution in [-0.2, 0) is 14.4 Å². The van der Waals surface area contributed by atoms with Crippen molar-refractivity contribution in [3.05, 3.63) is 12.2 Å². The van der Waals surface area contributed by atoms with Gasteiger partial charge in [0, 0.05) is 31.7 Å². The van der Waals surface area contributed by atoms with Crippen LogP contribution in [0.1, 0.15) is 41.0 Å². The Bertz CT molecular complexity index is 602. The van der Waals surface area contributed by atoms with Gasteiger partial charge in [0.1, 0.15) is 0 Å². The summed E-state index contributed by atoms with van der Waals surface area (Å²) in [4.78, 5) is 41.4. The van der Waals surface area contributed by atoms with Gasteiger partial charge in [-0.2, -0.15) is 0 Å². The fourth-order valence-electron chi connectivity index (χ4n) is 3.82. The van der Waals surface area contributed by atoms with Crippen LogP contribution < -0.4 is 0 Å². The number of aliphatic carboxylic acids is 3. The molecule has 194 valence electrons. The maximum atomic E-state index is 11.5. The number of carbonyl (C=O) groups is 3. The SMILES string of the molecule is C=C(C)CN(CCC)C(CN(C)CC(=O)O)C(CN(C)CC(=O)O)N(CC)CC(=O)O.CC. The molecule has 3 N–H and O–H groups in total. The van der Waals surface area contributed by atoms with E-state index in [9.17, 15) is 29.7 Å². The van der Waals surface area contributed by atoms with E-state index in [-0.39, 0.29) is 31.7 Å². The highest BCUT2D eigenvalue weighted by Gasteiger charge is 2.34. The van der Waals surface area contributed by atoms with Gasteiger partial charge < -0.3 is 15.3 Å². The second-order valence-electron chi connectivity index (χ2n) is 8.20. The maximum absolute atomic E-state index is 11.5. The minimum Gasteiger partial charge on any atom is -0.480 e. The van der Waals surface area contributed by atoms with Gasteiger partial charge in [-0.15, -0.1) is 0 Å². The van der Waals surface area contributed by atoms with E-state index in [2.05, 4.69) is 11.5 Å². The number of nitrogens with zero attached hydrogens (tertiary/aromatic N) is 4. The first-order chi connectivity index (χ1) is 15.4. The summed E-state index contributed by atoms with van der Waals surface area (Å²) < 4.78 is 0. The summed E-state index contributed by atoms with van der Waals surface area (Å²) >= 11 is 0. The second kappa shape index (κ2) is 18.4. The molecule has 0 heterocycles. The summed E-state index contributed by atoms with van der Waals surface area (Å²) in [6, 6.07) is -0.552. The molecule has 10 nitrogen and oxygen atoms in total. The van der Waals surface area contributed by atoms with E-state index in [1.165, 1.54) is 0 Å². The van der Waals surface area contributed by atoms with E-state index in [0.717, 1.165) is 18.5 Å². The Hall–Kier alpha value is -2.01. The zero-order valence-electron chi connectivity index (χ0n) is 21.6. The molecule has 10 heteroatoms. The number of likely N-dealkylation sites (N-methyl/N-ethyl adjacent to an activating group) is 3. The molecule has 0 aliphatic heterocycles. The normalized spacial score (nSPS) is 13.1. The van der Waals surface area contributed by atoms with E-state index < -0.39 is 17.9 Å². The van der Waals surface area contributed by atoms with E-state index in [4.69, 9.17) is 0 Å². The quantitative estimate of drug-likeness (QED) is 0.252. The third-order valence-electron chi connectivity index (χ3n) is 4.92. The molecule has 0 aromatic rings. The summed E-state index contributed by atoms with van der Waals surface area (Å²) in [7, 11) is 3.41. The predicted octanol–water partition coefficient (Wildman–Crippen LogP) is 1.48. The fraction of sp³-hybridized carbons (Fsp3) is 0.783. The lowest BCUT2D eigenvalue weighted by Gasteiger charge is -2.44. The maximum Gasteiger partial charge on any atom is 0.317 e. The molecule has 0 radical (unpaired) electrons. The van der Waals surface area contributed by atoms with Crippen molar-refractivity contribution in [3.63, 3.8) is 0 Å². The van der Waals surface area contributed by atoms with Gasteiger partial charge in [-0.3, -0.25) is 34.0 Å². The summed E-state index contributed by atoms with van der Waals surface area (Å²) in [6.45, 7) is 15.8. The lowest BCUT2D eigenvalue weighted by atomic mass is 10.0. The Kier molecular flexibility index (Phi) is 18.5. The van der Waals surface area contributed by atoms with Crippen LogP contribution in [0.4, 0.5) is 0 Å². The van der Waals surface area contributed by atoms with Crippen LogP contribution in [0.15, 0.2) is 12.2 Å². The molecule has 0 aromatic heterocycles. The number of rotatable bonds is 18. The predicted molar refractivity (Wildman–Crippen MR) is 131 cm³/mol. The van der Waals surface area contributed by atoms with Crippen LogP contribution in [0.25, 0.3) is 0 Å². The molecule has 2 unspecified atom stereocenters. The molecule has 0 aliphatic rings. The monoisotopic (exact) mass is 474 g/mol. The fourth-order valence-corrected chi connectivity index (χ4v) is 3.82. The minimum atomic E-state index is -0.965. The molecule has 0 saturated carbocycles. The molecular formula is C23H46N4O6. The van der Waals surface area contributed by atoms with Crippen molar-refractivity contribution in [2.24, 2.45) is 0 Å². The van der Waals surface area contributed by atoms with Crippen LogP contribution >= 0.6 is 0 Å². The van der Waals surface area contributed by atoms with Crippen molar-refractivity contribution in [2.75, 3.05) is 66.5 Å². The summed E-state index contributed by atoms with van der Waals surface area (Å²) in [6.07, 6.45) is 0.856. The molecular weight excluding hydrogens is 428 g/mol. The summed E-state index contributed by atoms with van der Waals surface area (Å²) in [5.74, 6) is -2.87. The molecule has 0 rings (SSSR count). The number of carboxylic acids is 3. The van der Waals surface area contributed by atoms with E-state index >= 15 is 0 Å². The van der Waals surface area contributed by atoms with Crippen LogP contribution in [0.3, 0.4) is 0 Å². The Morgan fingerprint density at radius 1 is 0.758 bits per heavy atom. The lowest BCUT2D eigenvalue weighted by molar-refractivity contribution is -0.141. The van der Waals surface area contributed by atoms with E-state index in [0.29, 0.717) is 26.2 Å². The van der Waals surface area contributed by atoms with Gasteiger partial charge in [-0.1, -0.05) is 39.8 Å². The number of carboxylic acid groups (broad SMARTS) is 3. The highest BCUT2D eigenvalue weighted by molar-refractivity contribution is 5.69. The van der Waals surface area contributed by atoms with Gasteiger partial charge in [-0.05, 0) is 40.5 Å². The van der Waals surface area contributed by atoms with Gasteiger partial charge in [0.05, 0.1) is 19.6 Å². The Morgan fingerprint density at radius 3 is 1.45 bits per heavy atom. The molecule has 0 spiro atoms. The first-order valence-electron chi connectivity index (χ1n) is 11.6. The zero-order valence-corrected chi connectivity index (χ0v) is 21.6. The third kappa shape index (κ3) is 15.5. The van der Waals surface area contributed by atoms with E-state index in [1.807, 2.05) is 39.5 Å². The van der Waals surface area contributed by atoms with Crippen LogP contribution in [0.2, 0.25) is 0 Å². The number of hydrogen-bond donors (Lipinski definition) is 3. The first kappa shape index (κ1) is 33.2. The van der Waals surface area contributed by atoms with Crippen molar-refractivity contribution in [1.82, 2.24) is 19.6 Å². The Labute approximate surface area is 199 Å². The summed E-state index contributed by atoms with van der Waals surface area (Å²) in [5, 5.41) is 27.8. The van der Waals surface area contributed by atoms with Gasteiger partial charge in [0.25, 0.3) is 0 Å². The largest absolute Gasteiger partial charge is 0.480 e. The molecule has 0 fully saturated rings. The average Bonchev–Trinajstić information content (AvgIpc) is 2.68. The van der Waals surface area contributed by atoms with Crippen molar-refractivity contribution in [2.45, 2.75) is 53.1 Å². The topological polar surface area (TPSA) is 125 Å². The standard InChI is InChI=1S/C21H40N4O6.C2H6/c1-7-9-25(10-16(3)4)18(12-23(6)14-20(28)29)17(11-22(5)13-19(26)27)24(8-2)15-21(30)31;1-2/h17-18H,3,7-15H2,1-2,4-6H3,(H,26,27)(H,28,29)(H,30,31);1-2H3. The molecule has 0 amide bonds. The first-order valence-corrected chi connectivity index (χ1v) is 11.6. The van der Waals surface area contributed by atoms with Gasteiger partial charge in [0.2, 0.25) is 0 Å². The third-order valence-corrected chi connectivity index (χ3v) is 4.92. The van der Waals surface area contributed by atoms with E-state index in [1.54, 1.807) is 23.9 Å². The molecule has 0 aromatic carbocycles. The summed E-state index contributed by atoms with van der Waals surface area (Å²) in [5.41, 5.74) is 0.943.